The van der Waals surface area contributed by atoms with Gasteiger partial charge in [-0.3, -0.25) is 9.10 Å². The van der Waals surface area contributed by atoms with Crippen LogP contribution in [0.5, 0.6) is 5.75 Å². The highest BCUT2D eigenvalue weighted by Crippen LogP contribution is 2.21. The number of carbonyl (C=O) groups excluding carboxylic acids is 1. The fourth-order valence-electron chi connectivity index (χ4n) is 1.70. The Bertz CT molecular complexity index is 611. The number of carbonyl (C=O) groups is 1. The molecule has 6 nitrogen and oxygen atoms in total. The summed E-state index contributed by atoms with van der Waals surface area (Å²) < 4.78 is 29.7. The Kier molecular flexibility index (Phi) is 6.42. The molecular weight excluding hydrogens is 304 g/mol. The molecule has 1 atom stereocenters. The van der Waals surface area contributed by atoms with E-state index in [0.717, 1.165) is 6.26 Å². The van der Waals surface area contributed by atoms with Crippen molar-refractivity contribution in [2.75, 3.05) is 24.2 Å². The van der Waals surface area contributed by atoms with Gasteiger partial charge < -0.3 is 10.1 Å². The second-order valence-corrected chi connectivity index (χ2v) is 6.79. The lowest BCUT2D eigenvalue weighted by atomic mass is 10.2. The van der Waals surface area contributed by atoms with Crippen molar-refractivity contribution in [2.24, 2.45) is 0 Å². The van der Waals surface area contributed by atoms with Crippen LogP contribution in [0.25, 0.3) is 0 Å². The van der Waals surface area contributed by atoms with Crippen molar-refractivity contribution in [3.63, 3.8) is 0 Å². The van der Waals surface area contributed by atoms with Crippen LogP contribution in [0.4, 0.5) is 5.69 Å². The molecule has 0 aliphatic heterocycles. The Morgan fingerprint density at radius 1 is 1.41 bits per heavy atom. The van der Waals surface area contributed by atoms with Crippen molar-refractivity contribution in [3.8, 4) is 5.75 Å². The lowest BCUT2D eigenvalue weighted by Gasteiger charge is -2.19. The third-order valence-corrected chi connectivity index (χ3v) is 4.27. The predicted octanol–water partition coefficient (Wildman–Crippen LogP) is 1.54. The molecular formula is C15H22N2O4S. The molecule has 0 bridgehead atoms. The first-order valence-corrected chi connectivity index (χ1v) is 8.73. The summed E-state index contributed by atoms with van der Waals surface area (Å²) >= 11 is 0. The summed E-state index contributed by atoms with van der Waals surface area (Å²) in [6.45, 7) is 5.78. The maximum absolute atomic E-state index is 11.9. The maximum atomic E-state index is 11.9. The maximum Gasteiger partial charge on any atom is 0.261 e. The van der Waals surface area contributed by atoms with Gasteiger partial charge in [-0.05, 0) is 30.7 Å². The van der Waals surface area contributed by atoms with Crippen molar-refractivity contribution in [2.45, 2.75) is 19.4 Å². The van der Waals surface area contributed by atoms with Crippen LogP contribution in [0.1, 0.15) is 13.3 Å². The summed E-state index contributed by atoms with van der Waals surface area (Å²) in [6.07, 6.45) is 2.65. The first-order valence-electron chi connectivity index (χ1n) is 6.88. The largest absolute Gasteiger partial charge is 0.481 e. The lowest BCUT2D eigenvalue weighted by molar-refractivity contribution is -0.127. The third-order valence-electron chi connectivity index (χ3n) is 3.06. The Hall–Kier alpha value is -2.02. The van der Waals surface area contributed by atoms with Gasteiger partial charge in [0, 0.05) is 13.6 Å². The Morgan fingerprint density at radius 3 is 2.45 bits per heavy atom. The molecule has 0 aliphatic carbocycles. The van der Waals surface area contributed by atoms with Crippen molar-refractivity contribution in [1.82, 2.24) is 5.32 Å². The summed E-state index contributed by atoms with van der Waals surface area (Å²) in [5.74, 6) is 0.297. The molecule has 0 saturated heterocycles. The first kappa shape index (κ1) is 18.0. The number of nitrogens with zero attached hydrogens (tertiary/aromatic N) is 1. The van der Waals surface area contributed by atoms with Gasteiger partial charge in [0.15, 0.2) is 6.10 Å². The highest BCUT2D eigenvalue weighted by molar-refractivity contribution is 7.92. The fourth-order valence-corrected chi connectivity index (χ4v) is 2.20. The van der Waals surface area contributed by atoms with Gasteiger partial charge in [0.1, 0.15) is 5.75 Å². The number of sulfonamides is 1. The zero-order valence-corrected chi connectivity index (χ0v) is 13.9. The first-order chi connectivity index (χ1) is 10.3. The normalized spacial score (nSPS) is 12.3. The van der Waals surface area contributed by atoms with Crippen LogP contribution >= 0.6 is 0 Å². The van der Waals surface area contributed by atoms with Gasteiger partial charge in [0.2, 0.25) is 10.0 Å². The van der Waals surface area contributed by atoms with Crippen LogP contribution in [-0.4, -0.2) is 40.3 Å². The van der Waals surface area contributed by atoms with Gasteiger partial charge in [-0.2, -0.15) is 0 Å². The third kappa shape index (κ3) is 5.07. The molecule has 0 aliphatic rings. The highest BCUT2D eigenvalue weighted by Gasteiger charge is 2.18. The predicted molar refractivity (Wildman–Crippen MR) is 87.6 cm³/mol. The van der Waals surface area contributed by atoms with E-state index in [9.17, 15) is 13.2 Å². The number of ether oxygens (including phenoxy) is 1. The van der Waals surface area contributed by atoms with Gasteiger partial charge in [0.25, 0.3) is 5.91 Å². The monoisotopic (exact) mass is 326 g/mol. The van der Waals surface area contributed by atoms with E-state index in [2.05, 4.69) is 11.9 Å². The van der Waals surface area contributed by atoms with E-state index < -0.39 is 16.1 Å². The van der Waals surface area contributed by atoms with E-state index in [4.69, 9.17) is 4.74 Å². The van der Waals surface area contributed by atoms with Gasteiger partial charge in [0.05, 0.1) is 11.9 Å². The van der Waals surface area contributed by atoms with Crippen molar-refractivity contribution < 1.29 is 17.9 Å². The SMILES string of the molecule is C=CCNC(=O)C(CC)Oc1ccc(N(C)S(C)(=O)=O)cc1. The minimum absolute atomic E-state index is 0.209. The van der Waals surface area contributed by atoms with Gasteiger partial charge >= 0.3 is 0 Å². The quantitative estimate of drug-likeness (QED) is 0.735. The zero-order valence-electron chi connectivity index (χ0n) is 13.1. The number of amides is 1. The number of rotatable bonds is 8. The van der Waals surface area contributed by atoms with Gasteiger partial charge in [-0.1, -0.05) is 13.0 Å². The number of benzene rings is 1. The molecule has 1 N–H and O–H groups in total. The molecule has 0 aromatic heterocycles. The van der Waals surface area contributed by atoms with Crippen molar-refractivity contribution >= 4 is 21.6 Å². The van der Waals surface area contributed by atoms with Gasteiger partial charge in [-0.15, -0.1) is 6.58 Å². The molecule has 0 spiro atoms. The average Bonchev–Trinajstić information content (AvgIpc) is 2.49. The Morgan fingerprint density at radius 2 is 2.00 bits per heavy atom. The van der Waals surface area contributed by atoms with Gasteiger partial charge in [-0.25, -0.2) is 8.42 Å². The number of hydrogen-bond donors (Lipinski definition) is 1. The van der Waals surface area contributed by atoms with Crippen LogP contribution < -0.4 is 14.4 Å². The summed E-state index contributed by atoms with van der Waals surface area (Å²) in [5.41, 5.74) is 0.527. The number of anilines is 1. The molecule has 0 fully saturated rings. The average molecular weight is 326 g/mol. The summed E-state index contributed by atoms with van der Waals surface area (Å²) in [4.78, 5) is 11.9. The molecule has 122 valence electrons. The van der Waals surface area contributed by atoms with E-state index in [1.165, 1.54) is 11.4 Å². The smallest absolute Gasteiger partial charge is 0.261 e. The molecule has 0 saturated carbocycles. The van der Waals surface area contributed by atoms with E-state index in [-0.39, 0.29) is 5.91 Å². The van der Waals surface area contributed by atoms with Crippen LogP contribution in [-0.2, 0) is 14.8 Å². The van der Waals surface area contributed by atoms with E-state index in [1.54, 1.807) is 30.3 Å². The molecule has 22 heavy (non-hydrogen) atoms. The molecule has 0 heterocycles. The number of hydrogen-bond acceptors (Lipinski definition) is 4. The van der Waals surface area contributed by atoms with E-state index in [0.29, 0.717) is 24.4 Å². The number of nitrogens with one attached hydrogen (secondary N) is 1. The molecule has 7 heteroatoms. The van der Waals surface area contributed by atoms with Crippen molar-refractivity contribution in [3.05, 3.63) is 36.9 Å². The molecule has 1 rings (SSSR count). The zero-order chi connectivity index (χ0) is 16.8. The topological polar surface area (TPSA) is 75.7 Å². The molecule has 0 radical (unpaired) electrons. The molecule has 1 unspecified atom stereocenters. The van der Waals surface area contributed by atoms with Crippen LogP contribution in [0.15, 0.2) is 36.9 Å². The van der Waals surface area contributed by atoms with E-state index >= 15 is 0 Å². The van der Waals surface area contributed by atoms with Crippen LogP contribution in [0, 0.1) is 0 Å². The summed E-state index contributed by atoms with van der Waals surface area (Å²) in [5, 5.41) is 2.68. The van der Waals surface area contributed by atoms with Crippen LogP contribution in [0.2, 0.25) is 0 Å². The Balaban J connectivity index is 2.78. The minimum Gasteiger partial charge on any atom is -0.481 e. The van der Waals surface area contributed by atoms with E-state index in [1.807, 2.05) is 6.92 Å². The van der Waals surface area contributed by atoms with Crippen molar-refractivity contribution in [1.29, 1.82) is 0 Å². The summed E-state index contributed by atoms with van der Waals surface area (Å²) in [7, 11) is -1.83. The fraction of sp³-hybridized carbons (Fsp3) is 0.400. The standard InChI is InChI=1S/C15H22N2O4S/c1-5-11-16-15(18)14(6-2)21-13-9-7-12(8-10-13)17(3)22(4,19)20/h5,7-10,14H,1,6,11H2,2-4H3,(H,16,18). The Labute approximate surface area is 131 Å². The highest BCUT2D eigenvalue weighted by atomic mass is 32.2. The second kappa shape index (κ2) is 7.84. The summed E-state index contributed by atoms with van der Waals surface area (Å²) in [6, 6.07) is 6.54. The second-order valence-electron chi connectivity index (χ2n) is 4.77. The molecule has 1 amide bonds. The van der Waals surface area contributed by atoms with Crippen LogP contribution in [0.3, 0.4) is 0 Å². The molecule has 1 aromatic rings. The lowest BCUT2D eigenvalue weighted by Crippen LogP contribution is -2.38. The molecule has 1 aromatic carbocycles. The minimum atomic E-state index is -3.30.